The highest BCUT2D eigenvalue weighted by atomic mass is 32.1. The normalized spacial score (nSPS) is 13.0. The minimum Gasteiger partial charge on any atom is -0.454 e. The maximum absolute atomic E-state index is 11.9. The van der Waals surface area contributed by atoms with Gasteiger partial charge in [-0.25, -0.2) is 10.4 Å². The number of hydrogen-bond donors (Lipinski definition) is 1. The predicted octanol–water partition coefficient (Wildman–Crippen LogP) is 1.82. The minimum absolute atomic E-state index is 0.187. The fourth-order valence-corrected chi connectivity index (χ4v) is 2.96. The van der Waals surface area contributed by atoms with Crippen molar-refractivity contribution in [3.05, 3.63) is 47.2 Å². The molecule has 0 radical (unpaired) electrons. The van der Waals surface area contributed by atoms with E-state index < -0.39 is 0 Å². The number of hydrazone groups is 1. The first-order chi connectivity index (χ1) is 11.3. The lowest BCUT2D eigenvalue weighted by molar-refractivity contribution is -0.120. The second-order valence-electron chi connectivity index (χ2n) is 4.91. The highest BCUT2D eigenvalue weighted by molar-refractivity contribution is 7.15. The Hall–Kier alpha value is -2.87. The van der Waals surface area contributed by atoms with E-state index in [1.54, 1.807) is 6.21 Å². The molecule has 0 spiro atoms. The van der Waals surface area contributed by atoms with E-state index in [0.717, 1.165) is 10.5 Å². The van der Waals surface area contributed by atoms with Crippen LogP contribution in [0.1, 0.15) is 11.3 Å². The Bertz CT molecular complexity index is 871. The van der Waals surface area contributed by atoms with Gasteiger partial charge in [0.15, 0.2) is 16.5 Å². The molecule has 116 valence electrons. The number of imidazole rings is 1. The molecule has 0 saturated heterocycles. The molecule has 0 unspecified atom stereocenters. The SMILES string of the molecule is O=C(Cc1cn2ccsc2n1)NN=Cc1ccc2c(c1)OCO2. The maximum Gasteiger partial charge on any atom is 0.246 e. The van der Waals surface area contributed by atoms with Gasteiger partial charge in [0.2, 0.25) is 12.7 Å². The molecule has 0 aliphatic carbocycles. The zero-order valence-electron chi connectivity index (χ0n) is 11.9. The topological polar surface area (TPSA) is 77.2 Å². The average Bonchev–Trinajstić information content (AvgIpc) is 3.21. The number of carbonyl (C=O) groups excluding carboxylic acids is 1. The Morgan fingerprint density at radius 1 is 1.43 bits per heavy atom. The lowest BCUT2D eigenvalue weighted by Crippen LogP contribution is -2.19. The number of ether oxygens (including phenoxy) is 2. The zero-order chi connectivity index (χ0) is 15.6. The molecular formula is C15H12N4O3S. The fourth-order valence-electron chi connectivity index (χ4n) is 2.24. The first kappa shape index (κ1) is 13.8. The average molecular weight is 328 g/mol. The molecule has 0 saturated carbocycles. The summed E-state index contributed by atoms with van der Waals surface area (Å²) in [5.74, 6) is 1.18. The summed E-state index contributed by atoms with van der Waals surface area (Å²) in [7, 11) is 0. The summed E-state index contributed by atoms with van der Waals surface area (Å²) in [4.78, 5) is 17.1. The highest BCUT2D eigenvalue weighted by Crippen LogP contribution is 2.31. The molecule has 8 heteroatoms. The Labute approximate surface area is 135 Å². The summed E-state index contributed by atoms with van der Waals surface area (Å²) in [6.45, 7) is 0.231. The van der Waals surface area contributed by atoms with Gasteiger partial charge in [0.1, 0.15) is 0 Å². The van der Waals surface area contributed by atoms with Crippen LogP contribution in [0.3, 0.4) is 0 Å². The fraction of sp³-hybridized carbons (Fsp3) is 0.133. The van der Waals surface area contributed by atoms with Crippen LogP contribution in [-0.4, -0.2) is 28.3 Å². The Morgan fingerprint density at radius 2 is 2.35 bits per heavy atom. The summed E-state index contributed by atoms with van der Waals surface area (Å²) >= 11 is 1.53. The molecule has 0 fully saturated rings. The quantitative estimate of drug-likeness (QED) is 0.585. The highest BCUT2D eigenvalue weighted by Gasteiger charge is 2.12. The standard InChI is InChI=1S/C15H12N4O3S/c20-14(6-11-8-19-3-4-23-15(19)17-11)18-16-7-10-1-2-12-13(5-10)22-9-21-12/h1-5,7-8H,6,9H2,(H,18,20). The number of thiazole rings is 1. The van der Waals surface area contributed by atoms with Crippen LogP contribution in [-0.2, 0) is 11.2 Å². The third-order valence-corrected chi connectivity index (χ3v) is 4.06. The van der Waals surface area contributed by atoms with Crippen LogP contribution in [0, 0.1) is 0 Å². The van der Waals surface area contributed by atoms with Gasteiger partial charge in [-0.2, -0.15) is 5.10 Å². The van der Waals surface area contributed by atoms with E-state index in [2.05, 4.69) is 15.5 Å². The van der Waals surface area contributed by atoms with Gasteiger partial charge in [-0.1, -0.05) is 0 Å². The second-order valence-corrected chi connectivity index (χ2v) is 5.78. The van der Waals surface area contributed by atoms with E-state index >= 15 is 0 Å². The van der Waals surface area contributed by atoms with E-state index in [0.29, 0.717) is 17.2 Å². The third kappa shape index (κ3) is 2.88. The number of aromatic nitrogens is 2. The van der Waals surface area contributed by atoms with Crippen molar-refractivity contribution in [2.75, 3.05) is 6.79 Å². The summed E-state index contributed by atoms with van der Waals surface area (Å²) < 4.78 is 12.4. The van der Waals surface area contributed by atoms with Gasteiger partial charge < -0.3 is 9.47 Å². The molecular weight excluding hydrogens is 316 g/mol. The first-order valence-corrected chi connectivity index (χ1v) is 7.78. The molecule has 3 aromatic rings. The first-order valence-electron chi connectivity index (χ1n) is 6.90. The molecule has 7 nitrogen and oxygen atoms in total. The van der Waals surface area contributed by atoms with Gasteiger partial charge >= 0.3 is 0 Å². The maximum atomic E-state index is 11.9. The lowest BCUT2D eigenvalue weighted by atomic mass is 10.2. The number of carbonyl (C=O) groups is 1. The minimum atomic E-state index is -0.215. The molecule has 0 atom stereocenters. The second kappa shape index (κ2) is 5.73. The molecule has 2 aromatic heterocycles. The van der Waals surface area contributed by atoms with Crippen molar-refractivity contribution in [2.45, 2.75) is 6.42 Å². The molecule has 4 rings (SSSR count). The number of rotatable bonds is 4. The third-order valence-electron chi connectivity index (χ3n) is 3.28. The van der Waals surface area contributed by atoms with E-state index in [-0.39, 0.29) is 19.1 Å². The Morgan fingerprint density at radius 3 is 3.26 bits per heavy atom. The van der Waals surface area contributed by atoms with Crippen molar-refractivity contribution in [2.24, 2.45) is 5.10 Å². The number of benzene rings is 1. The molecule has 1 aliphatic rings. The number of fused-ring (bicyclic) bond motifs is 2. The molecule has 1 amide bonds. The van der Waals surface area contributed by atoms with E-state index in [1.807, 2.05) is 40.4 Å². The van der Waals surface area contributed by atoms with Crippen molar-refractivity contribution in [1.82, 2.24) is 14.8 Å². The van der Waals surface area contributed by atoms with Crippen molar-refractivity contribution in [3.63, 3.8) is 0 Å². The van der Waals surface area contributed by atoms with Crippen LogP contribution in [0.25, 0.3) is 4.96 Å². The van der Waals surface area contributed by atoms with Crippen molar-refractivity contribution in [1.29, 1.82) is 0 Å². The van der Waals surface area contributed by atoms with Gasteiger partial charge in [0.05, 0.1) is 18.3 Å². The van der Waals surface area contributed by atoms with E-state index in [4.69, 9.17) is 9.47 Å². The molecule has 23 heavy (non-hydrogen) atoms. The van der Waals surface area contributed by atoms with Gasteiger partial charge in [0, 0.05) is 17.8 Å². The van der Waals surface area contributed by atoms with Gasteiger partial charge in [-0.15, -0.1) is 11.3 Å². The van der Waals surface area contributed by atoms with Crippen LogP contribution in [0.15, 0.2) is 41.1 Å². The van der Waals surface area contributed by atoms with Crippen LogP contribution in [0.2, 0.25) is 0 Å². The van der Waals surface area contributed by atoms with Crippen LogP contribution in [0.5, 0.6) is 11.5 Å². The largest absolute Gasteiger partial charge is 0.454 e. The van der Waals surface area contributed by atoms with Crippen molar-refractivity contribution < 1.29 is 14.3 Å². The van der Waals surface area contributed by atoms with E-state index in [1.165, 1.54) is 11.3 Å². The molecule has 1 N–H and O–H groups in total. The lowest BCUT2D eigenvalue weighted by Gasteiger charge is -1.98. The zero-order valence-corrected chi connectivity index (χ0v) is 12.7. The predicted molar refractivity (Wildman–Crippen MR) is 85.1 cm³/mol. The van der Waals surface area contributed by atoms with Crippen LogP contribution in [0.4, 0.5) is 0 Å². The number of amides is 1. The molecule has 1 aromatic carbocycles. The molecule has 1 aliphatic heterocycles. The van der Waals surface area contributed by atoms with Gasteiger partial charge in [-0.05, 0) is 23.8 Å². The summed E-state index contributed by atoms with van der Waals surface area (Å²) in [6.07, 6.45) is 5.50. The smallest absolute Gasteiger partial charge is 0.246 e. The molecule has 3 heterocycles. The summed E-state index contributed by atoms with van der Waals surface area (Å²) in [5, 5.41) is 5.90. The van der Waals surface area contributed by atoms with Crippen molar-refractivity contribution in [3.8, 4) is 11.5 Å². The van der Waals surface area contributed by atoms with Crippen molar-refractivity contribution >= 4 is 28.4 Å². The van der Waals surface area contributed by atoms with Gasteiger partial charge in [-0.3, -0.25) is 9.20 Å². The summed E-state index contributed by atoms with van der Waals surface area (Å²) in [5.41, 5.74) is 4.03. The monoisotopic (exact) mass is 328 g/mol. The van der Waals surface area contributed by atoms with Crippen LogP contribution >= 0.6 is 11.3 Å². The van der Waals surface area contributed by atoms with E-state index in [9.17, 15) is 4.79 Å². The summed E-state index contributed by atoms with van der Waals surface area (Å²) in [6, 6.07) is 5.46. The van der Waals surface area contributed by atoms with Crippen LogP contribution < -0.4 is 14.9 Å². The number of hydrogen-bond acceptors (Lipinski definition) is 6. The Balaban J connectivity index is 1.36. The Kier molecular flexibility index (Phi) is 3.43. The number of nitrogens with zero attached hydrogens (tertiary/aromatic N) is 3. The van der Waals surface area contributed by atoms with Gasteiger partial charge in [0.25, 0.3) is 0 Å². The number of nitrogens with one attached hydrogen (secondary N) is 1. The molecule has 0 bridgehead atoms.